The molecule has 0 spiro atoms. The first-order chi connectivity index (χ1) is 8.61. The molecule has 4 nitrogen and oxygen atoms in total. The predicted molar refractivity (Wildman–Crippen MR) is 76.8 cm³/mol. The van der Waals surface area contributed by atoms with E-state index in [1.54, 1.807) is 17.0 Å². The van der Waals surface area contributed by atoms with Gasteiger partial charge >= 0.3 is 0 Å². The van der Waals surface area contributed by atoms with E-state index in [1.807, 2.05) is 19.2 Å². The Balaban J connectivity index is 2.44. The molecular formula is C13H14BrN3O. The first-order valence-electron chi connectivity index (χ1n) is 5.58. The summed E-state index contributed by atoms with van der Waals surface area (Å²) in [5.41, 5.74) is 1.60. The lowest BCUT2D eigenvalue weighted by molar-refractivity contribution is 0.704. The Hall–Kier alpha value is -1.46. The fraction of sp³-hybridized carbons (Fsp3) is 0.231. The number of likely N-dealkylation sites (N-methyl/N-ethyl adjacent to an activating group) is 1. The molecule has 0 saturated carbocycles. The molecule has 94 valence electrons. The maximum Gasteiger partial charge on any atom is 0.261 e. The molecule has 0 atom stereocenters. The van der Waals surface area contributed by atoms with E-state index in [-0.39, 0.29) is 5.56 Å². The van der Waals surface area contributed by atoms with E-state index in [4.69, 9.17) is 0 Å². The van der Waals surface area contributed by atoms with Gasteiger partial charge in [0.1, 0.15) is 0 Å². The summed E-state index contributed by atoms with van der Waals surface area (Å²) in [5.74, 6) is 0. The number of benzene rings is 1. The van der Waals surface area contributed by atoms with E-state index in [9.17, 15) is 4.79 Å². The highest BCUT2D eigenvalue weighted by Crippen LogP contribution is 2.14. The molecule has 1 heterocycles. The largest absolute Gasteiger partial charge is 0.316 e. The molecule has 0 unspecified atom stereocenters. The van der Waals surface area contributed by atoms with Crippen LogP contribution in [0.25, 0.3) is 10.9 Å². The summed E-state index contributed by atoms with van der Waals surface area (Å²) in [6.07, 6.45) is 1.57. The molecule has 0 amide bonds. The molecule has 0 saturated heterocycles. The van der Waals surface area contributed by atoms with Gasteiger partial charge in [-0.05, 0) is 30.8 Å². The summed E-state index contributed by atoms with van der Waals surface area (Å²) >= 11 is 3.36. The van der Waals surface area contributed by atoms with Crippen molar-refractivity contribution in [1.82, 2.24) is 14.9 Å². The SMILES string of the molecule is C=C(CNC)Cn1cnc2ccc(Br)cc2c1=O. The molecule has 0 bridgehead atoms. The van der Waals surface area contributed by atoms with E-state index in [0.29, 0.717) is 24.0 Å². The van der Waals surface area contributed by atoms with E-state index in [2.05, 4.69) is 32.8 Å². The quantitative estimate of drug-likeness (QED) is 0.878. The van der Waals surface area contributed by atoms with E-state index in [0.717, 1.165) is 10.0 Å². The molecule has 18 heavy (non-hydrogen) atoms. The van der Waals surface area contributed by atoms with Crippen molar-refractivity contribution in [3.63, 3.8) is 0 Å². The topological polar surface area (TPSA) is 46.9 Å². The average molecular weight is 308 g/mol. The maximum absolute atomic E-state index is 12.3. The van der Waals surface area contributed by atoms with Gasteiger partial charge in [0.05, 0.1) is 17.2 Å². The van der Waals surface area contributed by atoms with Crippen LogP contribution in [0.1, 0.15) is 0 Å². The zero-order valence-electron chi connectivity index (χ0n) is 10.1. The number of hydrogen-bond acceptors (Lipinski definition) is 3. The third kappa shape index (κ3) is 2.68. The van der Waals surface area contributed by atoms with Crippen LogP contribution in [0.2, 0.25) is 0 Å². The molecule has 0 radical (unpaired) electrons. The molecule has 1 aromatic heterocycles. The monoisotopic (exact) mass is 307 g/mol. The van der Waals surface area contributed by atoms with Crippen LogP contribution in [0, 0.1) is 0 Å². The van der Waals surface area contributed by atoms with Crippen LogP contribution in [0.3, 0.4) is 0 Å². The third-order valence-electron chi connectivity index (χ3n) is 2.61. The lowest BCUT2D eigenvalue weighted by atomic mass is 10.2. The minimum atomic E-state index is -0.0430. The second-order valence-corrected chi connectivity index (χ2v) is 5.04. The van der Waals surface area contributed by atoms with Crippen molar-refractivity contribution in [2.45, 2.75) is 6.54 Å². The van der Waals surface area contributed by atoms with Crippen LogP contribution >= 0.6 is 15.9 Å². The van der Waals surface area contributed by atoms with Gasteiger partial charge in [0.2, 0.25) is 0 Å². The number of aromatic nitrogens is 2. The summed E-state index contributed by atoms with van der Waals surface area (Å²) in [4.78, 5) is 16.5. The summed E-state index contributed by atoms with van der Waals surface area (Å²) in [5, 5.41) is 3.63. The molecule has 1 N–H and O–H groups in total. The molecule has 2 aromatic rings. The molecule has 0 aliphatic carbocycles. The van der Waals surface area contributed by atoms with Gasteiger partial charge in [-0.2, -0.15) is 0 Å². The van der Waals surface area contributed by atoms with Crippen LogP contribution in [0.4, 0.5) is 0 Å². The van der Waals surface area contributed by atoms with Crippen molar-refractivity contribution in [3.8, 4) is 0 Å². The Kier molecular flexibility index (Phi) is 3.93. The van der Waals surface area contributed by atoms with Gasteiger partial charge in [-0.15, -0.1) is 0 Å². The van der Waals surface area contributed by atoms with E-state index in [1.165, 1.54) is 0 Å². The van der Waals surface area contributed by atoms with Crippen LogP contribution in [-0.4, -0.2) is 23.1 Å². The number of hydrogen-bond donors (Lipinski definition) is 1. The summed E-state index contributed by atoms with van der Waals surface area (Å²) in [6.45, 7) is 5.08. The van der Waals surface area contributed by atoms with Crippen molar-refractivity contribution in [2.75, 3.05) is 13.6 Å². The van der Waals surface area contributed by atoms with Gasteiger partial charge in [0.25, 0.3) is 5.56 Å². The summed E-state index contributed by atoms with van der Waals surface area (Å²) < 4.78 is 2.45. The van der Waals surface area contributed by atoms with Crippen LogP contribution in [0.5, 0.6) is 0 Å². The average Bonchev–Trinajstić information content (AvgIpc) is 2.34. The lowest BCUT2D eigenvalue weighted by Crippen LogP contribution is -2.23. The van der Waals surface area contributed by atoms with Crippen molar-refractivity contribution in [1.29, 1.82) is 0 Å². The minimum Gasteiger partial charge on any atom is -0.316 e. The lowest BCUT2D eigenvalue weighted by Gasteiger charge is -2.08. The fourth-order valence-corrected chi connectivity index (χ4v) is 2.15. The zero-order chi connectivity index (χ0) is 13.1. The number of fused-ring (bicyclic) bond motifs is 1. The van der Waals surface area contributed by atoms with Gasteiger partial charge in [0, 0.05) is 17.6 Å². The predicted octanol–water partition coefficient (Wildman–Crippen LogP) is 1.93. The highest BCUT2D eigenvalue weighted by atomic mass is 79.9. The molecule has 0 aliphatic rings. The molecule has 2 rings (SSSR count). The first kappa shape index (κ1) is 13.0. The van der Waals surface area contributed by atoms with Crippen LogP contribution in [-0.2, 0) is 6.54 Å². The Labute approximate surface area is 113 Å². The van der Waals surface area contributed by atoms with Crippen molar-refractivity contribution in [3.05, 3.63) is 51.5 Å². The standard InChI is InChI=1S/C13H14BrN3O/c1-9(6-15-2)7-17-8-16-12-4-3-10(14)5-11(12)13(17)18/h3-5,8,15H,1,6-7H2,2H3. The van der Waals surface area contributed by atoms with Gasteiger partial charge in [0.15, 0.2) is 0 Å². The van der Waals surface area contributed by atoms with Gasteiger partial charge in [-0.3, -0.25) is 9.36 Å². The first-order valence-corrected chi connectivity index (χ1v) is 6.37. The minimum absolute atomic E-state index is 0.0430. The Morgan fingerprint density at radius 1 is 1.56 bits per heavy atom. The summed E-state index contributed by atoms with van der Waals surface area (Å²) in [6, 6.07) is 5.49. The van der Waals surface area contributed by atoms with Crippen LogP contribution < -0.4 is 10.9 Å². The fourth-order valence-electron chi connectivity index (χ4n) is 1.79. The zero-order valence-corrected chi connectivity index (χ0v) is 11.7. The number of nitrogens with zero attached hydrogens (tertiary/aromatic N) is 2. The highest BCUT2D eigenvalue weighted by Gasteiger charge is 2.05. The number of rotatable bonds is 4. The van der Waals surface area contributed by atoms with Crippen molar-refractivity contribution < 1.29 is 0 Å². The number of nitrogens with one attached hydrogen (secondary N) is 1. The normalized spacial score (nSPS) is 10.8. The molecular weight excluding hydrogens is 294 g/mol. The van der Waals surface area contributed by atoms with Gasteiger partial charge < -0.3 is 5.32 Å². The second kappa shape index (κ2) is 5.46. The van der Waals surface area contributed by atoms with Crippen molar-refractivity contribution >= 4 is 26.8 Å². The van der Waals surface area contributed by atoms with Gasteiger partial charge in [-0.1, -0.05) is 22.5 Å². The Morgan fingerprint density at radius 3 is 3.06 bits per heavy atom. The summed E-state index contributed by atoms with van der Waals surface area (Å²) in [7, 11) is 1.85. The maximum atomic E-state index is 12.3. The van der Waals surface area contributed by atoms with Crippen LogP contribution in [0.15, 0.2) is 45.9 Å². The van der Waals surface area contributed by atoms with Gasteiger partial charge in [-0.25, -0.2) is 4.98 Å². The highest BCUT2D eigenvalue weighted by molar-refractivity contribution is 9.10. The molecule has 0 aliphatic heterocycles. The smallest absolute Gasteiger partial charge is 0.261 e. The molecule has 1 aromatic carbocycles. The Morgan fingerprint density at radius 2 is 2.33 bits per heavy atom. The van der Waals surface area contributed by atoms with E-state index < -0.39 is 0 Å². The number of halogens is 1. The molecule has 5 heteroatoms. The Bertz CT molecular complexity index is 648. The van der Waals surface area contributed by atoms with Crippen molar-refractivity contribution in [2.24, 2.45) is 0 Å². The second-order valence-electron chi connectivity index (χ2n) is 4.12. The third-order valence-corrected chi connectivity index (χ3v) is 3.10. The van der Waals surface area contributed by atoms with E-state index >= 15 is 0 Å². The molecule has 0 fully saturated rings.